The van der Waals surface area contributed by atoms with Gasteiger partial charge < -0.3 is 19.3 Å². The lowest BCUT2D eigenvalue weighted by atomic mass is 9.98. The molecule has 0 unspecified atom stereocenters. The van der Waals surface area contributed by atoms with Gasteiger partial charge in [-0.3, -0.25) is 0 Å². The van der Waals surface area contributed by atoms with Crippen LogP contribution in [0, 0.1) is 5.92 Å². The molecule has 0 aromatic rings. The molecule has 2 saturated heterocycles. The van der Waals surface area contributed by atoms with Crippen LogP contribution in [0.5, 0.6) is 0 Å². The van der Waals surface area contributed by atoms with Crippen molar-refractivity contribution < 1.29 is 19.3 Å². The molecule has 4 atom stereocenters. The summed E-state index contributed by atoms with van der Waals surface area (Å²) in [6.07, 6.45) is 1.37. The predicted octanol–water partition coefficient (Wildman–Crippen LogP) is 0.924. The van der Waals surface area contributed by atoms with Crippen LogP contribution in [0.3, 0.4) is 0 Å². The number of ether oxygens (including phenoxy) is 3. The van der Waals surface area contributed by atoms with E-state index in [1.54, 1.807) is 0 Å². The quantitative estimate of drug-likeness (QED) is 0.710. The summed E-state index contributed by atoms with van der Waals surface area (Å²) in [5, 5.41) is 8.86. The van der Waals surface area contributed by atoms with Gasteiger partial charge >= 0.3 is 0 Å². The minimum absolute atomic E-state index is 0.0581. The zero-order valence-corrected chi connectivity index (χ0v) is 9.60. The maximum Gasteiger partial charge on any atom is 0.163 e. The van der Waals surface area contributed by atoms with Gasteiger partial charge in [0.1, 0.15) is 6.10 Å². The number of hydrogen-bond donors (Lipinski definition) is 1. The molecule has 0 bridgehead atoms. The Bertz CT molecular complexity index is 229. The van der Waals surface area contributed by atoms with Gasteiger partial charge in [-0.05, 0) is 26.2 Å². The molecule has 2 rings (SSSR count). The molecule has 0 aliphatic carbocycles. The summed E-state index contributed by atoms with van der Waals surface area (Å²) in [5.74, 6) is -0.0342. The molecule has 0 amide bonds. The average molecular weight is 216 g/mol. The van der Waals surface area contributed by atoms with Gasteiger partial charge in [-0.2, -0.15) is 0 Å². The highest BCUT2D eigenvalue weighted by atomic mass is 16.7. The lowest BCUT2D eigenvalue weighted by molar-refractivity contribution is -0.144. The van der Waals surface area contributed by atoms with E-state index >= 15 is 0 Å². The first kappa shape index (κ1) is 11.3. The van der Waals surface area contributed by atoms with Crippen molar-refractivity contribution in [3.8, 4) is 0 Å². The molecule has 4 heteroatoms. The van der Waals surface area contributed by atoms with Crippen molar-refractivity contribution in [1.29, 1.82) is 0 Å². The van der Waals surface area contributed by atoms with E-state index in [4.69, 9.17) is 19.3 Å². The number of aliphatic hydroxyl groups excluding tert-OH is 1. The van der Waals surface area contributed by atoms with E-state index < -0.39 is 5.79 Å². The molecule has 2 heterocycles. The van der Waals surface area contributed by atoms with Crippen molar-refractivity contribution in [3.63, 3.8) is 0 Å². The number of epoxide rings is 1. The Kier molecular flexibility index (Phi) is 3.03. The van der Waals surface area contributed by atoms with Crippen molar-refractivity contribution in [2.45, 2.75) is 51.3 Å². The molecule has 0 radical (unpaired) electrons. The van der Waals surface area contributed by atoms with Gasteiger partial charge in [0, 0.05) is 0 Å². The molecule has 0 aromatic heterocycles. The monoisotopic (exact) mass is 216 g/mol. The van der Waals surface area contributed by atoms with Crippen molar-refractivity contribution in [2.24, 2.45) is 5.92 Å². The summed E-state index contributed by atoms with van der Waals surface area (Å²) < 4.78 is 16.6. The molecular weight excluding hydrogens is 196 g/mol. The molecule has 2 aliphatic rings. The van der Waals surface area contributed by atoms with Gasteiger partial charge in [0.25, 0.3) is 0 Å². The van der Waals surface area contributed by atoms with Crippen LogP contribution in [0.1, 0.15) is 27.2 Å². The van der Waals surface area contributed by atoms with E-state index in [1.807, 2.05) is 13.8 Å². The molecular formula is C11H20O4. The summed E-state index contributed by atoms with van der Waals surface area (Å²) >= 11 is 0. The van der Waals surface area contributed by atoms with E-state index in [2.05, 4.69) is 6.92 Å². The van der Waals surface area contributed by atoms with Crippen LogP contribution in [0.2, 0.25) is 0 Å². The van der Waals surface area contributed by atoms with Crippen LogP contribution in [0.25, 0.3) is 0 Å². The molecule has 2 fully saturated rings. The summed E-state index contributed by atoms with van der Waals surface area (Å²) in [7, 11) is 0. The largest absolute Gasteiger partial charge is 0.394 e. The van der Waals surface area contributed by atoms with Crippen LogP contribution in [0.15, 0.2) is 0 Å². The van der Waals surface area contributed by atoms with Crippen molar-refractivity contribution in [1.82, 2.24) is 0 Å². The van der Waals surface area contributed by atoms with E-state index in [9.17, 15) is 0 Å². The smallest absolute Gasteiger partial charge is 0.163 e. The Balaban J connectivity index is 1.75. The Hall–Kier alpha value is -0.160. The first-order chi connectivity index (χ1) is 7.02. The highest BCUT2D eigenvalue weighted by Gasteiger charge is 2.42. The Labute approximate surface area is 90.5 Å². The van der Waals surface area contributed by atoms with Gasteiger partial charge in [0.15, 0.2) is 5.79 Å². The second-order valence-electron chi connectivity index (χ2n) is 4.98. The van der Waals surface area contributed by atoms with E-state index in [-0.39, 0.29) is 24.9 Å². The molecule has 2 aliphatic heterocycles. The molecule has 4 nitrogen and oxygen atoms in total. The lowest BCUT2D eigenvalue weighted by Gasteiger charge is -2.20. The fourth-order valence-electron chi connectivity index (χ4n) is 2.06. The fourth-order valence-corrected chi connectivity index (χ4v) is 2.06. The van der Waals surface area contributed by atoms with E-state index in [0.29, 0.717) is 12.5 Å². The summed E-state index contributed by atoms with van der Waals surface area (Å²) in [6, 6.07) is 0. The average Bonchev–Trinajstić information content (AvgIpc) is 2.81. The minimum Gasteiger partial charge on any atom is -0.394 e. The van der Waals surface area contributed by atoms with Crippen LogP contribution in [-0.4, -0.2) is 42.4 Å². The van der Waals surface area contributed by atoms with E-state index in [1.165, 1.54) is 0 Å². The number of rotatable bonds is 4. The third-order valence-electron chi connectivity index (χ3n) is 3.14. The maximum atomic E-state index is 8.86. The Morgan fingerprint density at radius 3 is 2.60 bits per heavy atom. The van der Waals surface area contributed by atoms with Gasteiger partial charge in [-0.1, -0.05) is 6.92 Å². The van der Waals surface area contributed by atoms with Crippen LogP contribution >= 0.6 is 0 Å². The van der Waals surface area contributed by atoms with Crippen molar-refractivity contribution >= 4 is 0 Å². The van der Waals surface area contributed by atoms with Crippen molar-refractivity contribution in [2.75, 3.05) is 13.2 Å². The molecule has 88 valence electrons. The van der Waals surface area contributed by atoms with Gasteiger partial charge in [-0.25, -0.2) is 0 Å². The molecule has 0 aromatic carbocycles. The summed E-state index contributed by atoms with van der Waals surface area (Å²) in [5.41, 5.74) is 0. The van der Waals surface area contributed by atoms with Crippen LogP contribution < -0.4 is 0 Å². The van der Waals surface area contributed by atoms with Gasteiger partial charge in [-0.15, -0.1) is 0 Å². The molecule has 15 heavy (non-hydrogen) atoms. The third-order valence-corrected chi connectivity index (χ3v) is 3.14. The van der Waals surface area contributed by atoms with Gasteiger partial charge in [0.05, 0.1) is 25.4 Å². The molecule has 0 spiro atoms. The number of aliphatic hydroxyl groups is 1. The maximum absolute atomic E-state index is 8.86. The Morgan fingerprint density at radius 2 is 2.13 bits per heavy atom. The minimum atomic E-state index is -0.445. The molecule has 0 saturated carbocycles. The number of hydrogen-bond acceptors (Lipinski definition) is 4. The standard InChI is InChI=1S/C11H20O4/c1-7(4-8-9(5-12)14-8)10-6-13-11(2,3)15-10/h7-10,12H,4-6H2,1-3H3/t7-,8-,9-,10+/m1/s1. The highest BCUT2D eigenvalue weighted by molar-refractivity contribution is 4.88. The van der Waals surface area contributed by atoms with E-state index in [0.717, 1.165) is 6.42 Å². The summed E-state index contributed by atoms with van der Waals surface area (Å²) in [6.45, 7) is 6.80. The normalized spacial score (nSPS) is 40.4. The molecule has 1 N–H and O–H groups in total. The zero-order chi connectivity index (χ0) is 11.1. The Morgan fingerprint density at radius 1 is 1.40 bits per heavy atom. The highest BCUT2D eigenvalue weighted by Crippen LogP contribution is 2.33. The fraction of sp³-hybridized carbons (Fsp3) is 1.00. The van der Waals surface area contributed by atoms with Crippen LogP contribution in [-0.2, 0) is 14.2 Å². The second kappa shape index (κ2) is 4.01. The zero-order valence-electron chi connectivity index (χ0n) is 9.60. The summed E-state index contributed by atoms with van der Waals surface area (Å²) in [4.78, 5) is 0. The van der Waals surface area contributed by atoms with Crippen molar-refractivity contribution in [3.05, 3.63) is 0 Å². The van der Waals surface area contributed by atoms with Gasteiger partial charge in [0.2, 0.25) is 0 Å². The lowest BCUT2D eigenvalue weighted by Crippen LogP contribution is -2.26. The first-order valence-electron chi connectivity index (χ1n) is 5.60. The van der Waals surface area contributed by atoms with Crippen LogP contribution in [0.4, 0.5) is 0 Å². The second-order valence-corrected chi connectivity index (χ2v) is 4.98. The predicted molar refractivity (Wildman–Crippen MR) is 54.4 cm³/mol. The third kappa shape index (κ3) is 2.69. The SMILES string of the molecule is C[C@H](C[C@H]1O[C@@H]1CO)[C@@H]1COC(C)(C)O1. The first-order valence-corrected chi connectivity index (χ1v) is 5.60. The topological polar surface area (TPSA) is 51.2 Å².